The topological polar surface area (TPSA) is 73.2 Å². The van der Waals surface area contributed by atoms with E-state index in [9.17, 15) is 9.18 Å². The van der Waals surface area contributed by atoms with E-state index in [1.54, 1.807) is 17.0 Å². The van der Waals surface area contributed by atoms with Crippen LogP contribution in [0.5, 0.6) is 0 Å². The summed E-state index contributed by atoms with van der Waals surface area (Å²) in [7, 11) is 0. The number of carbonyl (C=O) groups excluding carboxylic acids is 1. The molecule has 4 rings (SSSR count). The lowest BCUT2D eigenvalue weighted by molar-refractivity contribution is 0.217. The van der Waals surface area contributed by atoms with Crippen LogP contribution in [0.4, 0.5) is 14.9 Å². The van der Waals surface area contributed by atoms with Gasteiger partial charge in [0.15, 0.2) is 0 Å². The number of guanidine groups is 2. The molecule has 2 aliphatic heterocycles. The van der Waals surface area contributed by atoms with Gasteiger partial charge in [0, 0.05) is 12.2 Å². The third-order valence-corrected chi connectivity index (χ3v) is 4.86. The summed E-state index contributed by atoms with van der Waals surface area (Å²) >= 11 is 0. The van der Waals surface area contributed by atoms with Crippen molar-refractivity contribution < 1.29 is 9.18 Å². The number of pyridine rings is 1. The standard InChI is InChI=1S/C20H21FN6O/c1-4-26-19-22-11-17(14-6-8-15(21)9-7-14)27(19)18(25-20(26)28)24-16-10-5-12(2)23-13(16)3/h5-10,17H,4,11H2,1-3H3,(H,24,25,28). The summed E-state index contributed by atoms with van der Waals surface area (Å²) in [6, 6.07) is 9.64. The SMILES string of the molecule is CCN1C(=O)NC(=Nc2ccc(C)nc2C)N2C1=NCC2c1ccc(F)cc1. The van der Waals surface area contributed by atoms with Crippen molar-refractivity contribution in [2.75, 3.05) is 13.1 Å². The molecule has 0 saturated carbocycles. The molecule has 2 amide bonds. The van der Waals surface area contributed by atoms with E-state index in [0.717, 1.165) is 17.0 Å². The van der Waals surface area contributed by atoms with Crippen molar-refractivity contribution in [1.82, 2.24) is 20.1 Å². The third-order valence-electron chi connectivity index (χ3n) is 4.86. The van der Waals surface area contributed by atoms with Crippen molar-refractivity contribution in [3.05, 3.63) is 59.2 Å². The van der Waals surface area contributed by atoms with Crippen LogP contribution in [0, 0.1) is 19.7 Å². The van der Waals surface area contributed by atoms with Gasteiger partial charge in [-0.15, -0.1) is 0 Å². The maximum atomic E-state index is 13.4. The average molecular weight is 380 g/mol. The predicted molar refractivity (Wildman–Crippen MR) is 105 cm³/mol. The Hall–Kier alpha value is -3.29. The van der Waals surface area contributed by atoms with E-state index in [1.807, 2.05) is 37.8 Å². The molecule has 8 heteroatoms. The molecule has 1 atom stereocenters. The number of aromatic nitrogens is 1. The van der Waals surface area contributed by atoms with E-state index >= 15 is 0 Å². The Morgan fingerprint density at radius 1 is 1.21 bits per heavy atom. The predicted octanol–water partition coefficient (Wildman–Crippen LogP) is 3.28. The third kappa shape index (κ3) is 3.11. The van der Waals surface area contributed by atoms with Crippen molar-refractivity contribution in [3.63, 3.8) is 0 Å². The monoisotopic (exact) mass is 380 g/mol. The fraction of sp³-hybridized carbons (Fsp3) is 0.300. The lowest BCUT2D eigenvalue weighted by atomic mass is 10.1. The fourth-order valence-electron chi connectivity index (χ4n) is 3.45. The molecule has 7 nitrogen and oxygen atoms in total. The molecule has 0 radical (unpaired) electrons. The van der Waals surface area contributed by atoms with Gasteiger partial charge in [-0.2, -0.15) is 0 Å². The average Bonchev–Trinajstić information content (AvgIpc) is 3.10. The Bertz CT molecular complexity index is 985. The summed E-state index contributed by atoms with van der Waals surface area (Å²) in [6.45, 7) is 6.63. The molecule has 1 aromatic carbocycles. The van der Waals surface area contributed by atoms with Gasteiger partial charge >= 0.3 is 6.03 Å². The summed E-state index contributed by atoms with van der Waals surface area (Å²) in [5.41, 5.74) is 3.25. The Morgan fingerprint density at radius 3 is 2.64 bits per heavy atom. The van der Waals surface area contributed by atoms with Crippen molar-refractivity contribution >= 4 is 23.6 Å². The normalized spacial score (nSPS) is 20.3. The summed E-state index contributed by atoms with van der Waals surface area (Å²) in [6.07, 6.45) is 0. The molecule has 0 aliphatic carbocycles. The summed E-state index contributed by atoms with van der Waals surface area (Å²) in [4.78, 5) is 29.7. The van der Waals surface area contributed by atoms with E-state index in [0.29, 0.717) is 30.7 Å². The minimum Gasteiger partial charge on any atom is -0.277 e. The van der Waals surface area contributed by atoms with Gasteiger partial charge in [-0.1, -0.05) is 12.1 Å². The van der Waals surface area contributed by atoms with Crippen LogP contribution in [-0.2, 0) is 0 Å². The van der Waals surface area contributed by atoms with Gasteiger partial charge in [0.05, 0.1) is 24.0 Å². The van der Waals surface area contributed by atoms with E-state index < -0.39 is 0 Å². The molecule has 1 saturated heterocycles. The maximum absolute atomic E-state index is 13.4. The molecule has 28 heavy (non-hydrogen) atoms. The summed E-state index contributed by atoms with van der Waals surface area (Å²) < 4.78 is 13.4. The smallest absolute Gasteiger partial charge is 0.277 e. The molecule has 1 aromatic heterocycles. The minimum absolute atomic E-state index is 0.178. The molecular formula is C20H21FN6O. The Kier molecular flexibility index (Phi) is 4.54. The minimum atomic E-state index is -0.291. The highest BCUT2D eigenvalue weighted by atomic mass is 19.1. The maximum Gasteiger partial charge on any atom is 0.330 e. The van der Waals surface area contributed by atoms with Crippen molar-refractivity contribution in [2.24, 2.45) is 9.98 Å². The van der Waals surface area contributed by atoms with Crippen LogP contribution >= 0.6 is 0 Å². The quantitative estimate of drug-likeness (QED) is 0.888. The Balaban J connectivity index is 1.78. The van der Waals surface area contributed by atoms with Crippen molar-refractivity contribution in [2.45, 2.75) is 26.8 Å². The molecule has 144 valence electrons. The van der Waals surface area contributed by atoms with E-state index in [2.05, 4.69) is 20.3 Å². The van der Waals surface area contributed by atoms with Crippen LogP contribution in [0.25, 0.3) is 0 Å². The Morgan fingerprint density at radius 2 is 1.96 bits per heavy atom. The second-order valence-electron chi connectivity index (χ2n) is 6.75. The fourth-order valence-corrected chi connectivity index (χ4v) is 3.45. The first-order chi connectivity index (χ1) is 13.5. The van der Waals surface area contributed by atoms with Crippen LogP contribution in [0.1, 0.15) is 29.9 Å². The van der Waals surface area contributed by atoms with Gasteiger partial charge in [0.25, 0.3) is 0 Å². The van der Waals surface area contributed by atoms with Gasteiger partial charge in [0.2, 0.25) is 11.9 Å². The van der Waals surface area contributed by atoms with Crippen LogP contribution in [0.2, 0.25) is 0 Å². The molecule has 2 aliphatic rings. The number of carbonyl (C=O) groups is 1. The number of fused-ring (bicyclic) bond motifs is 1. The van der Waals surface area contributed by atoms with Gasteiger partial charge in [-0.05, 0) is 50.6 Å². The largest absolute Gasteiger partial charge is 0.330 e. The van der Waals surface area contributed by atoms with Gasteiger partial charge in [0.1, 0.15) is 5.82 Å². The number of hydrogen-bond acceptors (Lipinski definition) is 4. The van der Waals surface area contributed by atoms with Crippen LogP contribution in [-0.4, -0.2) is 45.8 Å². The Labute approximate surface area is 162 Å². The zero-order valence-electron chi connectivity index (χ0n) is 16.0. The molecule has 1 N–H and O–H groups in total. The zero-order chi connectivity index (χ0) is 19.8. The molecule has 2 aromatic rings. The van der Waals surface area contributed by atoms with E-state index in [1.165, 1.54) is 12.1 Å². The molecule has 0 bridgehead atoms. The van der Waals surface area contributed by atoms with Gasteiger partial charge < -0.3 is 0 Å². The van der Waals surface area contributed by atoms with Gasteiger partial charge in [-0.25, -0.2) is 19.2 Å². The number of halogens is 1. The first kappa shape index (κ1) is 18.1. The second kappa shape index (κ2) is 7.03. The van der Waals surface area contributed by atoms with E-state index in [-0.39, 0.29) is 17.9 Å². The molecule has 3 heterocycles. The number of nitrogens with zero attached hydrogens (tertiary/aromatic N) is 5. The first-order valence-corrected chi connectivity index (χ1v) is 9.18. The number of urea groups is 1. The van der Waals surface area contributed by atoms with Crippen molar-refractivity contribution in [1.29, 1.82) is 0 Å². The van der Waals surface area contributed by atoms with Crippen LogP contribution < -0.4 is 5.32 Å². The molecule has 0 spiro atoms. The number of amides is 2. The number of rotatable bonds is 3. The second-order valence-corrected chi connectivity index (χ2v) is 6.75. The number of aryl methyl sites for hydroxylation is 2. The van der Waals surface area contributed by atoms with Gasteiger partial charge in [-0.3, -0.25) is 20.1 Å². The summed E-state index contributed by atoms with van der Waals surface area (Å²) in [5, 5.41) is 2.87. The zero-order valence-corrected chi connectivity index (χ0v) is 16.0. The van der Waals surface area contributed by atoms with Crippen molar-refractivity contribution in [3.8, 4) is 0 Å². The first-order valence-electron chi connectivity index (χ1n) is 9.18. The highest BCUT2D eigenvalue weighted by Crippen LogP contribution is 2.31. The van der Waals surface area contributed by atoms with Crippen LogP contribution in [0.3, 0.4) is 0 Å². The number of nitrogens with one attached hydrogen (secondary N) is 1. The number of hydrogen-bond donors (Lipinski definition) is 1. The molecule has 1 unspecified atom stereocenters. The molecule has 1 fully saturated rings. The highest BCUT2D eigenvalue weighted by molar-refractivity contribution is 6.16. The lowest BCUT2D eigenvalue weighted by Crippen LogP contribution is -2.62. The highest BCUT2D eigenvalue weighted by Gasteiger charge is 2.42. The van der Waals surface area contributed by atoms with E-state index in [4.69, 9.17) is 0 Å². The number of benzene rings is 1. The van der Waals surface area contributed by atoms with Crippen LogP contribution in [0.15, 0.2) is 46.4 Å². The molecular weight excluding hydrogens is 359 g/mol. The summed E-state index contributed by atoms with van der Waals surface area (Å²) in [5.74, 6) is 0.659. The number of aliphatic imine (C=N–C) groups is 2. The lowest BCUT2D eigenvalue weighted by Gasteiger charge is -2.38.